The molecule has 0 atom stereocenters. The third kappa shape index (κ3) is 4.39. The highest BCUT2D eigenvalue weighted by Crippen LogP contribution is 2.43. The van der Waals surface area contributed by atoms with Crippen molar-refractivity contribution in [1.82, 2.24) is 0 Å². The summed E-state index contributed by atoms with van der Waals surface area (Å²) < 4.78 is 29.9. The number of halogens is 1. The van der Waals surface area contributed by atoms with Gasteiger partial charge in [0.05, 0.1) is 47.5 Å². The number of rotatable bonds is 7. The van der Waals surface area contributed by atoms with Crippen LogP contribution in [-0.2, 0) is 12.8 Å². The van der Waals surface area contributed by atoms with Crippen LogP contribution in [0.1, 0.15) is 16.7 Å². The molecule has 0 spiro atoms. The highest BCUT2D eigenvalue weighted by molar-refractivity contribution is 6.01. The van der Waals surface area contributed by atoms with E-state index in [1.54, 1.807) is 35.5 Å². The van der Waals surface area contributed by atoms with Gasteiger partial charge in [-0.2, -0.15) is 0 Å². The predicted octanol–water partition coefficient (Wildman–Crippen LogP) is -0.0362. The van der Waals surface area contributed by atoms with Crippen LogP contribution in [-0.4, -0.2) is 59.4 Å². The zero-order chi connectivity index (χ0) is 20.3. The van der Waals surface area contributed by atoms with Gasteiger partial charge >= 0.3 is 0 Å². The first-order valence-corrected chi connectivity index (χ1v) is 9.17. The molecule has 0 N–H and O–H groups in total. The highest BCUT2D eigenvalue weighted by Gasteiger charge is 2.30. The van der Waals surface area contributed by atoms with E-state index in [0.717, 1.165) is 53.3 Å². The van der Waals surface area contributed by atoms with Gasteiger partial charge in [-0.05, 0) is 23.8 Å². The Morgan fingerprint density at radius 1 is 0.793 bits per heavy atom. The lowest BCUT2D eigenvalue weighted by Gasteiger charge is -2.22. The minimum absolute atomic E-state index is 0. The molecule has 1 aliphatic heterocycles. The molecule has 0 saturated heterocycles. The van der Waals surface area contributed by atoms with Crippen molar-refractivity contribution in [2.75, 3.05) is 49.1 Å². The van der Waals surface area contributed by atoms with Crippen LogP contribution in [0, 0.1) is 0 Å². The van der Waals surface area contributed by atoms with Crippen LogP contribution in [0.15, 0.2) is 24.3 Å². The van der Waals surface area contributed by atoms with E-state index in [2.05, 4.69) is 17.7 Å². The first kappa shape index (κ1) is 23.1. The van der Waals surface area contributed by atoms with Gasteiger partial charge in [-0.3, -0.25) is 0 Å². The van der Waals surface area contributed by atoms with Crippen LogP contribution in [0.3, 0.4) is 0 Å². The molecule has 158 valence electrons. The van der Waals surface area contributed by atoms with Crippen molar-refractivity contribution in [2.24, 2.45) is 0 Å². The molecule has 0 unspecified atom stereocenters. The van der Waals surface area contributed by atoms with E-state index in [4.69, 9.17) is 23.7 Å². The summed E-state index contributed by atoms with van der Waals surface area (Å²) in [5.41, 5.74) is 4.61. The number of nitrogens with zero attached hydrogens (tertiary/aromatic N) is 1. The summed E-state index contributed by atoms with van der Waals surface area (Å²) in [5.74, 6) is 3.50. The van der Waals surface area contributed by atoms with Crippen LogP contribution in [0.5, 0.6) is 28.7 Å². The van der Waals surface area contributed by atoms with Crippen molar-refractivity contribution >= 4 is 5.71 Å². The fraction of sp³-hybridized carbons (Fsp3) is 0.409. The van der Waals surface area contributed by atoms with Gasteiger partial charge in [0.25, 0.3) is 0 Å². The molecule has 0 aliphatic carbocycles. The molecule has 0 aromatic heterocycles. The number of fused-ring (bicyclic) bond motifs is 1. The quantitative estimate of drug-likeness (QED) is 0.385. The topological polar surface area (TPSA) is 49.2 Å². The first-order valence-electron chi connectivity index (χ1n) is 9.17. The van der Waals surface area contributed by atoms with Crippen LogP contribution in [0.4, 0.5) is 0 Å². The Morgan fingerprint density at radius 3 is 2.03 bits per heavy atom. The number of hydrogen-bond donors (Lipinski definition) is 0. The first-order chi connectivity index (χ1) is 13.6. The van der Waals surface area contributed by atoms with Crippen LogP contribution in [0.2, 0.25) is 0 Å². The molecule has 6 nitrogen and oxygen atoms in total. The van der Waals surface area contributed by atoms with Crippen LogP contribution < -0.4 is 47.7 Å². The van der Waals surface area contributed by atoms with Gasteiger partial charge in [-0.15, -0.1) is 0 Å². The Kier molecular flexibility index (Phi) is 8.01. The predicted molar refractivity (Wildman–Crippen MR) is 108 cm³/mol. The molecular weight excluding hydrogens is 485 g/mol. The SMILES string of the molecule is COc1ccc(CC2=[N+](C)CCc3c2cc(OC)c(OC)c3OC)cc1OC.[I-]. The molecule has 1 aliphatic rings. The van der Waals surface area contributed by atoms with E-state index in [0.29, 0.717) is 11.5 Å². The summed E-state index contributed by atoms with van der Waals surface area (Å²) in [5, 5.41) is 0. The van der Waals surface area contributed by atoms with Crippen molar-refractivity contribution in [3.05, 3.63) is 41.0 Å². The average Bonchev–Trinajstić information content (AvgIpc) is 2.73. The third-order valence-corrected chi connectivity index (χ3v) is 5.22. The second-order valence-electron chi connectivity index (χ2n) is 6.66. The maximum absolute atomic E-state index is 5.70. The van der Waals surface area contributed by atoms with Crippen molar-refractivity contribution in [2.45, 2.75) is 12.8 Å². The van der Waals surface area contributed by atoms with E-state index < -0.39 is 0 Å². The molecule has 0 amide bonds. The Bertz CT molecular complexity index is 911. The van der Waals surface area contributed by atoms with E-state index in [9.17, 15) is 0 Å². The number of likely N-dealkylation sites (N-methyl/N-ethyl adjacent to an activating group) is 1. The molecule has 0 saturated carbocycles. The lowest BCUT2D eigenvalue weighted by atomic mass is 9.91. The second-order valence-corrected chi connectivity index (χ2v) is 6.66. The van der Waals surface area contributed by atoms with E-state index >= 15 is 0 Å². The minimum Gasteiger partial charge on any atom is -1.00 e. The highest BCUT2D eigenvalue weighted by atomic mass is 127. The zero-order valence-electron chi connectivity index (χ0n) is 17.8. The van der Waals surface area contributed by atoms with Crippen molar-refractivity contribution < 1.29 is 52.2 Å². The molecule has 2 aromatic carbocycles. The molecular formula is C22H28INO5. The molecule has 7 heteroatoms. The minimum atomic E-state index is 0. The summed E-state index contributed by atoms with van der Waals surface area (Å²) in [4.78, 5) is 0. The van der Waals surface area contributed by atoms with E-state index in [-0.39, 0.29) is 24.0 Å². The van der Waals surface area contributed by atoms with Crippen LogP contribution in [0.25, 0.3) is 0 Å². The third-order valence-electron chi connectivity index (χ3n) is 5.22. The Labute approximate surface area is 189 Å². The standard InChI is InChI=1S/C22H28NO5.HI/c1-23-10-9-15-16(13-20(26-4)22(28-6)21(15)27-5)17(23)11-14-7-8-18(24-2)19(12-14)25-3;/h7-8,12-13H,9-11H2,1-6H3;1H/q+1;/p-1. The fourth-order valence-electron chi connectivity index (χ4n) is 3.76. The Hall–Kier alpha value is -2.16. The summed E-state index contributed by atoms with van der Waals surface area (Å²) >= 11 is 0. The summed E-state index contributed by atoms with van der Waals surface area (Å²) in [6.07, 6.45) is 1.63. The number of hydrogen-bond acceptors (Lipinski definition) is 5. The normalized spacial score (nSPS) is 12.6. The summed E-state index contributed by atoms with van der Waals surface area (Å²) in [7, 11) is 10.4. The van der Waals surface area contributed by atoms with Gasteiger partial charge in [-0.25, -0.2) is 4.58 Å². The number of benzene rings is 2. The molecule has 0 fully saturated rings. The van der Waals surface area contributed by atoms with Gasteiger partial charge in [-0.1, -0.05) is 6.07 Å². The van der Waals surface area contributed by atoms with Gasteiger partial charge in [0.1, 0.15) is 13.6 Å². The molecule has 0 radical (unpaired) electrons. The summed E-state index contributed by atoms with van der Waals surface area (Å²) in [6, 6.07) is 8.07. The zero-order valence-corrected chi connectivity index (χ0v) is 20.0. The smallest absolute Gasteiger partial charge is 0.203 e. The van der Waals surface area contributed by atoms with Gasteiger partial charge in [0, 0.05) is 12.0 Å². The van der Waals surface area contributed by atoms with Crippen molar-refractivity contribution in [3.63, 3.8) is 0 Å². The molecule has 3 rings (SSSR count). The maximum atomic E-state index is 5.70. The lowest BCUT2D eigenvalue weighted by molar-refractivity contribution is -0.498. The van der Waals surface area contributed by atoms with Gasteiger partial charge in [0.2, 0.25) is 5.75 Å². The molecule has 2 aromatic rings. The Morgan fingerprint density at radius 2 is 1.45 bits per heavy atom. The largest absolute Gasteiger partial charge is 1.00 e. The van der Waals surface area contributed by atoms with Crippen molar-refractivity contribution in [3.8, 4) is 28.7 Å². The summed E-state index contributed by atoms with van der Waals surface area (Å²) in [6.45, 7) is 0.904. The van der Waals surface area contributed by atoms with Gasteiger partial charge in [0.15, 0.2) is 28.7 Å². The monoisotopic (exact) mass is 513 g/mol. The average molecular weight is 513 g/mol. The molecule has 29 heavy (non-hydrogen) atoms. The fourth-order valence-corrected chi connectivity index (χ4v) is 3.76. The lowest BCUT2D eigenvalue weighted by Crippen LogP contribution is -3.00. The van der Waals surface area contributed by atoms with E-state index in [1.165, 1.54) is 5.71 Å². The molecule has 0 bridgehead atoms. The number of methoxy groups -OCH3 is 5. The van der Waals surface area contributed by atoms with E-state index in [1.807, 2.05) is 18.2 Å². The van der Waals surface area contributed by atoms with Gasteiger partial charge < -0.3 is 47.7 Å². The van der Waals surface area contributed by atoms with Crippen LogP contribution >= 0.6 is 0 Å². The maximum Gasteiger partial charge on any atom is 0.203 e. The molecule has 1 heterocycles. The number of ether oxygens (including phenoxy) is 5. The van der Waals surface area contributed by atoms with Crippen molar-refractivity contribution in [1.29, 1.82) is 0 Å². The Balaban J connectivity index is 0.00000300. The second kappa shape index (κ2) is 10.0.